The average Bonchev–Trinajstić information content (AvgIpc) is 2.87. The number of nitrogens with zero attached hydrogens (tertiary/aromatic N) is 3. The molecule has 0 atom stereocenters. The van der Waals surface area contributed by atoms with Crippen molar-refractivity contribution in [1.29, 1.82) is 5.26 Å². The Labute approximate surface area is 126 Å². The van der Waals surface area contributed by atoms with Crippen molar-refractivity contribution in [3.63, 3.8) is 0 Å². The molecule has 104 valence electrons. The maximum absolute atomic E-state index is 12.3. The normalized spacial score (nSPS) is 11.5. The average molecular weight is 328 g/mol. The maximum Gasteiger partial charge on any atom is 0.254 e. The van der Waals surface area contributed by atoms with E-state index in [-0.39, 0.29) is 15.2 Å². The molecule has 8 heteroatoms. The summed E-state index contributed by atoms with van der Waals surface area (Å²) in [5.74, 6) is 0. The molecule has 0 saturated heterocycles. The lowest BCUT2D eigenvalue weighted by atomic mass is 10.1. The van der Waals surface area contributed by atoms with E-state index < -0.39 is 10.0 Å². The lowest BCUT2D eigenvalue weighted by Crippen LogP contribution is -2.25. The lowest BCUT2D eigenvalue weighted by Gasteiger charge is -2.15. The SMILES string of the molecule is CN(Cc1ccc(C#N)cc1)S(=O)(=O)c1cnc(Cl)s1. The number of aromatic nitrogens is 1. The van der Waals surface area contributed by atoms with E-state index in [0.717, 1.165) is 16.9 Å². The number of benzene rings is 1. The molecule has 0 spiro atoms. The van der Waals surface area contributed by atoms with Gasteiger partial charge in [0.25, 0.3) is 10.0 Å². The summed E-state index contributed by atoms with van der Waals surface area (Å²) in [5, 5.41) is 8.72. The summed E-state index contributed by atoms with van der Waals surface area (Å²) in [7, 11) is -2.10. The quantitative estimate of drug-likeness (QED) is 0.864. The molecule has 2 rings (SSSR count). The van der Waals surface area contributed by atoms with Crippen LogP contribution in [0, 0.1) is 11.3 Å². The van der Waals surface area contributed by atoms with Crippen LogP contribution in [0.3, 0.4) is 0 Å². The summed E-state index contributed by atoms with van der Waals surface area (Å²) in [6.07, 6.45) is 1.25. The molecule has 0 saturated carbocycles. The van der Waals surface area contributed by atoms with E-state index in [2.05, 4.69) is 4.98 Å². The van der Waals surface area contributed by atoms with Crippen LogP contribution in [0.2, 0.25) is 4.47 Å². The van der Waals surface area contributed by atoms with E-state index in [1.807, 2.05) is 6.07 Å². The van der Waals surface area contributed by atoms with Gasteiger partial charge in [-0.15, -0.1) is 0 Å². The summed E-state index contributed by atoms with van der Waals surface area (Å²) in [4.78, 5) is 3.74. The van der Waals surface area contributed by atoms with Crippen LogP contribution in [0.5, 0.6) is 0 Å². The third-order valence-electron chi connectivity index (χ3n) is 2.61. The minimum atomic E-state index is -3.59. The molecule has 0 aliphatic heterocycles. The van der Waals surface area contributed by atoms with Crippen molar-refractivity contribution in [2.45, 2.75) is 10.8 Å². The second kappa shape index (κ2) is 5.89. The minimum Gasteiger partial charge on any atom is -0.232 e. The fourth-order valence-corrected chi connectivity index (χ4v) is 4.20. The Balaban J connectivity index is 2.18. The molecular weight excluding hydrogens is 318 g/mol. The smallest absolute Gasteiger partial charge is 0.232 e. The van der Waals surface area contributed by atoms with Gasteiger partial charge in [0.2, 0.25) is 0 Å². The Morgan fingerprint density at radius 3 is 2.55 bits per heavy atom. The third-order valence-corrected chi connectivity index (χ3v) is 5.96. The van der Waals surface area contributed by atoms with Gasteiger partial charge in [-0.25, -0.2) is 13.4 Å². The van der Waals surface area contributed by atoms with Gasteiger partial charge in [0.1, 0.15) is 0 Å². The van der Waals surface area contributed by atoms with Gasteiger partial charge in [0, 0.05) is 13.6 Å². The van der Waals surface area contributed by atoms with Crippen molar-refractivity contribution in [3.8, 4) is 6.07 Å². The number of sulfonamides is 1. The van der Waals surface area contributed by atoms with E-state index in [9.17, 15) is 8.42 Å². The van der Waals surface area contributed by atoms with E-state index in [1.165, 1.54) is 17.5 Å². The zero-order valence-electron chi connectivity index (χ0n) is 10.4. The second-order valence-corrected chi connectivity index (χ2v) is 7.89. The predicted octanol–water partition coefficient (Wildman–Crippen LogP) is 2.49. The van der Waals surface area contributed by atoms with Crippen LogP contribution in [-0.2, 0) is 16.6 Å². The summed E-state index contributed by atoms with van der Waals surface area (Å²) in [6, 6.07) is 8.77. The first kappa shape index (κ1) is 14.9. The fourth-order valence-electron chi connectivity index (χ4n) is 1.54. The highest BCUT2D eigenvalue weighted by Gasteiger charge is 2.23. The van der Waals surface area contributed by atoms with Crippen LogP contribution in [-0.4, -0.2) is 24.8 Å². The van der Waals surface area contributed by atoms with Crippen LogP contribution in [0.1, 0.15) is 11.1 Å². The van der Waals surface area contributed by atoms with Crippen LogP contribution >= 0.6 is 22.9 Å². The number of hydrogen-bond acceptors (Lipinski definition) is 5. The minimum absolute atomic E-state index is 0.110. The lowest BCUT2D eigenvalue weighted by molar-refractivity contribution is 0.468. The zero-order chi connectivity index (χ0) is 14.8. The Morgan fingerprint density at radius 2 is 2.05 bits per heavy atom. The Bertz CT molecular complexity index is 748. The molecule has 0 unspecified atom stereocenters. The number of thiazole rings is 1. The summed E-state index contributed by atoms with van der Waals surface area (Å²) in [6.45, 7) is 0.212. The topological polar surface area (TPSA) is 74.1 Å². The molecule has 2 aromatic rings. The molecule has 1 heterocycles. The molecule has 0 fully saturated rings. The summed E-state index contributed by atoms with van der Waals surface area (Å²) in [5.41, 5.74) is 1.33. The van der Waals surface area contributed by atoms with Crippen LogP contribution in [0.4, 0.5) is 0 Å². The number of nitriles is 1. The van der Waals surface area contributed by atoms with Crippen molar-refractivity contribution in [2.24, 2.45) is 0 Å². The van der Waals surface area contributed by atoms with Crippen LogP contribution in [0.25, 0.3) is 0 Å². The Hall–Kier alpha value is -1.46. The predicted molar refractivity (Wildman–Crippen MR) is 76.9 cm³/mol. The van der Waals surface area contributed by atoms with E-state index >= 15 is 0 Å². The first-order valence-corrected chi connectivity index (χ1v) is 8.13. The molecule has 0 bridgehead atoms. The zero-order valence-corrected chi connectivity index (χ0v) is 12.8. The molecule has 1 aromatic carbocycles. The highest BCUT2D eigenvalue weighted by atomic mass is 35.5. The van der Waals surface area contributed by atoms with Crippen molar-refractivity contribution in [2.75, 3.05) is 7.05 Å². The van der Waals surface area contributed by atoms with E-state index in [0.29, 0.717) is 5.56 Å². The summed E-state index contributed by atoms with van der Waals surface area (Å²) >= 11 is 6.58. The fraction of sp³-hybridized carbons (Fsp3) is 0.167. The van der Waals surface area contributed by atoms with Gasteiger partial charge in [-0.3, -0.25) is 0 Å². The number of hydrogen-bond donors (Lipinski definition) is 0. The molecule has 0 amide bonds. The highest BCUT2D eigenvalue weighted by Crippen LogP contribution is 2.25. The molecule has 0 radical (unpaired) electrons. The maximum atomic E-state index is 12.3. The molecule has 5 nitrogen and oxygen atoms in total. The van der Waals surface area contributed by atoms with Gasteiger partial charge in [-0.1, -0.05) is 35.1 Å². The Morgan fingerprint density at radius 1 is 1.40 bits per heavy atom. The largest absolute Gasteiger partial charge is 0.254 e. The standard InChI is InChI=1S/C12H10ClN3O2S2/c1-16(8-10-4-2-9(6-14)3-5-10)20(17,18)11-7-15-12(13)19-11/h2-5,7H,8H2,1H3. The first-order chi connectivity index (χ1) is 9.43. The van der Waals surface area contributed by atoms with Crippen molar-refractivity contribution >= 4 is 33.0 Å². The molecule has 0 aliphatic carbocycles. The van der Waals surface area contributed by atoms with Gasteiger partial charge < -0.3 is 0 Å². The van der Waals surface area contributed by atoms with Gasteiger partial charge in [-0.2, -0.15) is 9.57 Å². The number of halogens is 1. The molecule has 0 N–H and O–H groups in total. The van der Waals surface area contributed by atoms with Gasteiger partial charge in [0.15, 0.2) is 8.68 Å². The van der Waals surface area contributed by atoms with Gasteiger partial charge >= 0.3 is 0 Å². The molecule has 0 aliphatic rings. The Kier molecular flexibility index (Phi) is 4.40. The second-order valence-electron chi connectivity index (χ2n) is 4.00. The monoisotopic (exact) mass is 327 g/mol. The van der Waals surface area contributed by atoms with Crippen molar-refractivity contribution in [1.82, 2.24) is 9.29 Å². The van der Waals surface area contributed by atoms with Crippen LogP contribution in [0.15, 0.2) is 34.7 Å². The summed E-state index contributed by atoms with van der Waals surface area (Å²) < 4.78 is 26.0. The molecule has 20 heavy (non-hydrogen) atoms. The highest BCUT2D eigenvalue weighted by molar-refractivity contribution is 7.91. The van der Waals surface area contributed by atoms with Gasteiger partial charge in [0.05, 0.1) is 17.8 Å². The molecular formula is C12H10ClN3O2S2. The van der Waals surface area contributed by atoms with Crippen molar-refractivity contribution < 1.29 is 8.42 Å². The van der Waals surface area contributed by atoms with E-state index in [4.69, 9.17) is 16.9 Å². The van der Waals surface area contributed by atoms with E-state index in [1.54, 1.807) is 24.3 Å². The van der Waals surface area contributed by atoms with Crippen molar-refractivity contribution in [3.05, 3.63) is 46.1 Å². The number of rotatable bonds is 4. The molecule has 1 aromatic heterocycles. The third kappa shape index (κ3) is 3.16. The van der Waals surface area contributed by atoms with Gasteiger partial charge in [-0.05, 0) is 17.7 Å². The van der Waals surface area contributed by atoms with Crippen LogP contribution < -0.4 is 0 Å². The first-order valence-electron chi connectivity index (χ1n) is 5.50.